The lowest BCUT2D eigenvalue weighted by Gasteiger charge is -2.13. The lowest BCUT2D eigenvalue weighted by molar-refractivity contribution is 0.355. The molecule has 34 heavy (non-hydrogen) atoms. The fraction of sp³-hybridized carbons (Fsp3) is 0.0741. The number of nitrogens with zero attached hydrogens (tertiary/aromatic N) is 1. The van der Waals surface area contributed by atoms with Gasteiger partial charge in [-0.1, -0.05) is 12.1 Å². The summed E-state index contributed by atoms with van der Waals surface area (Å²) in [6.07, 6.45) is 1.68. The first-order valence-electron chi connectivity index (χ1n) is 10.5. The molecular weight excluding hydrogens is 438 g/mol. The lowest BCUT2D eigenvalue weighted by Crippen LogP contribution is -1.94. The molecule has 0 unspecified atom stereocenters. The summed E-state index contributed by atoms with van der Waals surface area (Å²) in [7, 11) is 3.16. The van der Waals surface area contributed by atoms with E-state index >= 15 is 0 Å². The van der Waals surface area contributed by atoms with Gasteiger partial charge in [0, 0.05) is 35.1 Å². The van der Waals surface area contributed by atoms with Crippen LogP contribution < -0.4 is 19.5 Å². The van der Waals surface area contributed by atoms with Crippen LogP contribution in [-0.4, -0.2) is 19.2 Å². The Morgan fingerprint density at radius 3 is 2.21 bits per heavy atom. The van der Waals surface area contributed by atoms with Gasteiger partial charge in [-0.25, -0.2) is 8.78 Å². The maximum atomic E-state index is 13.5. The maximum absolute atomic E-state index is 13.5. The zero-order chi connectivity index (χ0) is 23.7. The molecule has 5 nitrogen and oxygen atoms in total. The Kier molecular flexibility index (Phi) is 5.59. The molecule has 0 atom stereocenters. The first-order valence-corrected chi connectivity index (χ1v) is 10.5. The van der Waals surface area contributed by atoms with E-state index in [2.05, 4.69) is 10.3 Å². The van der Waals surface area contributed by atoms with Crippen LogP contribution in [0.15, 0.2) is 79.0 Å². The van der Waals surface area contributed by atoms with E-state index in [9.17, 15) is 8.78 Å². The Bertz CT molecular complexity index is 1520. The van der Waals surface area contributed by atoms with E-state index < -0.39 is 11.6 Å². The second-order valence-corrected chi connectivity index (χ2v) is 7.61. The number of hydrogen-bond donors (Lipinski definition) is 1. The van der Waals surface area contributed by atoms with E-state index in [1.165, 1.54) is 6.07 Å². The number of methoxy groups -OCH3 is 2. The number of hydrogen-bond acceptors (Lipinski definition) is 5. The van der Waals surface area contributed by atoms with E-state index in [0.717, 1.165) is 34.0 Å². The molecule has 0 saturated heterocycles. The number of pyridine rings is 1. The van der Waals surface area contributed by atoms with Crippen molar-refractivity contribution in [2.75, 3.05) is 19.5 Å². The second kappa shape index (κ2) is 8.86. The van der Waals surface area contributed by atoms with Gasteiger partial charge in [-0.3, -0.25) is 4.98 Å². The SMILES string of the molecule is COc1cc2nccc(Oc3ccc4ccc(Nc5ccc(F)c(F)c5)cc4c3)c2cc1OC. The molecular formula is C27H20F2N2O3. The van der Waals surface area contributed by atoms with Gasteiger partial charge >= 0.3 is 0 Å². The first kappa shape index (κ1) is 21.5. The zero-order valence-electron chi connectivity index (χ0n) is 18.4. The van der Waals surface area contributed by atoms with Crippen molar-refractivity contribution >= 4 is 33.1 Å². The van der Waals surface area contributed by atoms with Crippen molar-refractivity contribution in [3.63, 3.8) is 0 Å². The van der Waals surface area contributed by atoms with Crippen LogP contribution in [0.25, 0.3) is 21.7 Å². The van der Waals surface area contributed by atoms with Crippen molar-refractivity contribution in [2.24, 2.45) is 0 Å². The number of ether oxygens (including phenoxy) is 3. The third-order valence-corrected chi connectivity index (χ3v) is 5.45. The van der Waals surface area contributed by atoms with E-state index in [0.29, 0.717) is 34.2 Å². The molecule has 1 aromatic heterocycles. The normalized spacial score (nSPS) is 10.9. The highest BCUT2D eigenvalue weighted by Gasteiger charge is 2.12. The summed E-state index contributed by atoms with van der Waals surface area (Å²) in [5.74, 6) is 0.651. The van der Waals surface area contributed by atoms with Crippen LogP contribution in [-0.2, 0) is 0 Å². The molecule has 1 heterocycles. The molecule has 0 aliphatic heterocycles. The van der Waals surface area contributed by atoms with Gasteiger partial charge in [-0.2, -0.15) is 0 Å². The molecule has 7 heteroatoms. The van der Waals surface area contributed by atoms with E-state index in [1.54, 1.807) is 32.5 Å². The minimum atomic E-state index is -0.902. The van der Waals surface area contributed by atoms with Gasteiger partial charge in [0.15, 0.2) is 23.1 Å². The van der Waals surface area contributed by atoms with Gasteiger partial charge in [0.05, 0.1) is 19.7 Å². The average Bonchev–Trinajstić information content (AvgIpc) is 2.85. The number of rotatable bonds is 6. The Morgan fingerprint density at radius 1 is 0.676 bits per heavy atom. The standard InChI is InChI=1S/C27H20F2N2O3/c1-32-26-14-21-24(15-27(26)33-2)30-10-9-25(21)34-20-7-4-16-3-5-18(11-17(16)12-20)31-19-6-8-22(28)23(29)13-19/h3-15,31H,1-2H3. The molecule has 0 bridgehead atoms. The number of aromatic nitrogens is 1. The Labute approximate surface area is 194 Å². The summed E-state index contributed by atoms with van der Waals surface area (Å²) in [5, 5.41) is 5.81. The van der Waals surface area contributed by atoms with Crippen LogP contribution in [0.3, 0.4) is 0 Å². The number of halogens is 2. The summed E-state index contributed by atoms with van der Waals surface area (Å²) >= 11 is 0. The second-order valence-electron chi connectivity index (χ2n) is 7.61. The highest BCUT2D eigenvalue weighted by atomic mass is 19.2. The van der Waals surface area contributed by atoms with Crippen LogP contribution >= 0.6 is 0 Å². The van der Waals surface area contributed by atoms with E-state index in [4.69, 9.17) is 14.2 Å². The monoisotopic (exact) mass is 458 g/mol. The topological polar surface area (TPSA) is 52.6 Å². The molecule has 0 aliphatic rings. The van der Waals surface area contributed by atoms with Gasteiger partial charge in [-0.05, 0) is 59.3 Å². The van der Waals surface area contributed by atoms with Gasteiger partial charge in [0.25, 0.3) is 0 Å². The third kappa shape index (κ3) is 4.15. The van der Waals surface area contributed by atoms with Gasteiger partial charge < -0.3 is 19.5 Å². The van der Waals surface area contributed by atoms with Crippen molar-refractivity contribution in [3.8, 4) is 23.0 Å². The average molecular weight is 458 g/mol. The molecule has 5 aromatic rings. The summed E-state index contributed by atoms with van der Waals surface area (Å²) < 4.78 is 43.8. The van der Waals surface area contributed by atoms with Gasteiger partial charge in [0.1, 0.15) is 11.5 Å². The Morgan fingerprint density at radius 2 is 1.41 bits per heavy atom. The smallest absolute Gasteiger partial charge is 0.162 e. The van der Waals surface area contributed by atoms with Gasteiger partial charge in [-0.15, -0.1) is 0 Å². The number of fused-ring (bicyclic) bond motifs is 2. The molecule has 4 aromatic carbocycles. The number of benzene rings is 4. The largest absolute Gasteiger partial charge is 0.493 e. The van der Waals surface area contributed by atoms with Crippen molar-refractivity contribution in [1.82, 2.24) is 4.98 Å². The molecule has 0 fully saturated rings. The first-order chi connectivity index (χ1) is 16.5. The van der Waals surface area contributed by atoms with E-state index in [1.807, 2.05) is 42.5 Å². The van der Waals surface area contributed by atoms with Crippen LogP contribution in [0.4, 0.5) is 20.2 Å². The predicted molar refractivity (Wildman–Crippen MR) is 129 cm³/mol. The fourth-order valence-corrected chi connectivity index (χ4v) is 3.77. The van der Waals surface area contributed by atoms with Crippen molar-refractivity contribution < 1.29 is 23.0 Å². The molecule has 0 radical (unpaired) electrons. The molecule has 0 saturated carbocycles. The molecule has 0 aliphatic carbocycles. The quantitative estimate of drug-likeness (QED) is 0.291. The fourth-order valence-electron chi connectivity index (χ4n) is 3.77. The zero-order valence-corrected chi connectivity index (χ0v) is 18.4. The highest BCUT2D eigenvalue weighted by Crippen LogP contribution is 2.37. The summed E-state index contributed by atoms with van der Waals surface area (Å²) in [4.78, 5) is 4.41. The molecule has 5 rings (SSSR count). The highest BCUT2D eigenvalue weighted by molar-refractivity contribution is 5.90. The van der Waals surface area contributed by atoms with E-state index in [-0.39, 0.29) is 0 Å². The third-order valence-electron chi connectivity index (χ3n) is 5.45. The lowest BCUT2D eigenvalue weighted by atomic mass is 10.1. The van der Waals surface area contributed by atoms with Crippen LogP contribution in [0.2, 0.25) is 0 Å². The van der Waals surface area contributed by atoms with Gasteiger partial charge in [0.2, 0.25) is 0 Å². The minimum absolute atomic E-state index is 0.457. The number of nitrogens with one attached hydrogen (secondary N) is 1. The van der Waals surface area contributed by atoms with Crippen molar-refractivity contribution in [3.05, 3.63) is 90.6 Å². The van der Waals surface area contributed by atoms with Crippen LogP contribution in [0.5, 0.6) is 23.0 Å². The van der Waals surface area contributed by atoms with Crippen molar-refractivity contribution in [1.29, 1.82) is 0 Å². The van der Waals surface area contributed by atoms with Crippen LogP contribution in [0.1, 0.15) is 0 Å². The Balaban J connectivity index is 1.47. The molecule has 0 amide bonds. The Hall–Kier alpha value is -4.39. The molecule has 1 N–H and O–H groups in total. The molecule has 170 valence electrons. The summed E-state index contributed by atoms with van der Waals surface area (Å²) in [6.45, 7) is 0. The van der Waals surface area contributed by atoms with Crippen LogP contribution in [0, 0.1) is 11.6 Å². The summed E-state index contributed by atoms with van der Waals surface area (Å²) in [6, 6.07) is 20.6. The minimum Gasteiger partial charge on any atom is -0.493 e. The summed E-state index contributed by atoms with van der Waals surface area (Å²) in [5.41, 5.74) is 1.91. The maximum Gasteiger partial charge on any atom is 0.162 e. The predicted octanol–water partition coefficient (Wildman–Crippen LogP) is 7.22. The number of anilines is 2. The molecule has 0 spiro atoms. The van der Waals surface area contributed by atoms with Crippen molar-refractivity contribution in [2.45, 2.75) is 0 Å².